The van der Waals surface area contributed by atoms with Gasteiger partial charge in [0, 0.05) is 12.6 Å². The van der Waals surface area contributed by atoms with Crippen molar-refractivity contribution in [2.75, 3.05) is 13.7 Å². The third kappa shape index (κ3) is 6.25. The molecule has 0 spiro atoms. The van der Waals surface area contributed by atoms with E-state index >= 15 is 0 Å². The number of rotatable bonds is 9. The fraction of sp³-hybridized carbons (Fsp3) is 0.462. The first-order chi connectivity index (χ1) is 15.5. The molecule has 1 aliphatic rings. The Labute approximate surface area is 190 Å². The number of methoxy groups -OCH3 is 1. The lowest BCUT2D eigenvalue weighted by molar-refractivity contribution is -0.142. The summed E-state index contributed by atoms with van der Waals surface area (Å²) < 4.78 is 11.1. The number of nitrogens with one attached hydrogen (secondary N) is 1. The van der Waals surface area contributed by atoms with Crippen molar-refractivity contribution in [1.82, 2.24) is 10.2 Å². The topological polar surface area (TPSA) is 67.9 Å². The number of para-hydroxylation sites is 2. The molecular weight excluding hydrogens is 404 g/mol. The molecule has 1 aliphatic carbocycles. The van der Waals surface area contributed by atoms with E-state index in [1.165, 1.54) is 6.42 Å². The molecule has 2 amide bonds. The number of carbonyl (C=O) groups is 2. The van der Waals surface area contributed by atoms with Gasteiger partial charge in [-0.3, -0.25) is 9.59 Å². The van der Waals surface area contributed by atoms with Crippen molar-refractivity contribution in [3.63, 3.8) is 0 Å². The van der Waals surface area contributed by atoms with Gasteiger partial charge >= 0.3 is 0 Å². The van der Waals surface area contributed by atoms with Crippen LogP contribution in [0.2, 0.25) is 0 Å². The van der Waals surface area contributed by atoms with Crippen LogP contribution in [0.25, 0.3) is 0 Å². The van der Waals surface area contributed by atoms with Crippen molar-refractivity contribution in [3.8, 4) is 11.5 Å². The molecule has 0 unspecified atom stereocenters. The first-order valence-corrected chi connectivity index (χ1v) is 11.4. The second kappa shape index (κ2) is 11.6. The molecular formula is C26H34N2O4. The standard InChI is InChI=1S/C26H34N2O4/c1-19-11-7-8-12-21(19)17-28(20(2)26(30)27-22-13-5-4-6-14-22)25(29)18-32-24-16-10-9-15-23(24)31-3/h7-12,15-16,20,22H,4-6,13-14,17-18H2,1-3H3,(H,27,30)/t20-/m0/s1. The van der Waals surface area contributed by atoms with E-state index in [0.29, 0.717) is 18.0 Å². The minimum Gasteiger partial charge on any atom is -0.493 e. The van der Waals surface area contributed by atoms with Crippen LogP contribution in [0.15, 0.2) is 48.5 Å². The van der Waals surface area contributed by atoms with Gasteiger partial charge in [-0.15, -0.1) is 0 Å². The van der Waals surface area contributed by atoms with E-state index in [2.05, 4.69) is 5.32 Å². The maximum atomic E-state index is 13.3. The largest absolute Gasteiger partial charge is 0.493 e. The van der Waals surface area contributed by atoms with E-state index < -0.39 is 6.04 Å². The second-order valence-electron chi connectivity index (χ2n) is 8.41. The van der Waals surface area contributed by atoms with Crippen molar-refractivity contribution in [1.29, 1.82) is 0 Å². The van der Waals surface area contributed by atoms with Gasteiger partial charge in [0.05, 0.1) is 7.11 Å². The van der Waals surface area contributed by atoms with E-state index in [1.54, 1.807) is 31.1 Å². The number of hydrogen-bond donors (Lipinski definition) is 1. The second-order valence-corrected chi connectivity index (χ2v) is 8.41. The van der Waals surface area contributed by atoms with Gasteiger partial charge in [-0.25, -0.2) is 0 Å². The molecule has 0 heterocycles. The third-order valence-electron chi connectivity index (χ3n) is 6.14. The summed E-state index contributed by atoms with van der Waals surface area (Å²) in [6, 6.07) is 14.7. The molecule has 0 radical (unpaired) electrons. The van der Waals surface area contributed by atoms with Crippen LogP contribution in [0.5, 0.6) is 11.5 Å². The number of nitrogens with zero attached hydrogens (tertiary/aromatic N) is 1. The van der Waals surface area contributed by atoms with Crippen LogP contribution in [-0.4, -0.2) is 42.5 Å². The summed E-state index contributed by atoms with van der Waals surface area (Å²) in [7, 11) is 1.56. The summed E-state index contributed by atoms with van der Waals surface area (Å²) in [6.45, 7) is 3.97. The average molecular weight is 439 g/mol. The fourth-order valence-corrected chi connectivity index (χ4v) is 4.08. The molecule has 0 bridgehead atoms. The molecule has 2 aromatic carbocycles. The lowest BCUT2D eigenvalue weighted by Crippen LogP contribution is -2.51. The molecule has 32 heavy (non-hydrogen) atoms. The van der Waals surface area contributed by atoms with Gasteiger partial charge in [-0.2, -0.15) is 0 Å². The molecule has 1 fully saturated rings. The Morgan fingerprint density at radius 2 is 1.69 bits per heavy atom. The van der Waals surface area contributed by atoms with Gasteiger partial charge in [0.2, 0.25) is 5.91 Å². The molecule has 172 valence electrons. The molecule has 6 heteroatoms. The third-order valence-corrected chi connectivity index (χ3v) is 6.14. The number of hydrogen-bond acceptors (Lipinski definition) is 4. The van der Waals surface area contributed by atoms with Gasteiger partial charge in [0.15, 0.2) is 18.1 Å². The van der Waals surface area contributed by atoms with Crippen LogP contribution >= 0.6 is 0 Å². The summed E-state index contributed by atoms with van der Waals surface area (Å²) in [5, 5.41) is 3.15. The van der Waals surface area contributed by atoms with Crippen molar-refractivity contribution in [2.24, 2.45) is 0 Å². The van der Waals surface area contributed by atoms with Crippen LogP contribution in [0.4, 0.5) is 0 Å². The Balaban J connectivity index is 1.73. The first kappa shape index (κ1) is 23.6. The maximum Gasteiger partial charge on any atom is 0.261 e. The van der Waals surface area contributed by atoms with E-state index in [4.69, 9.17) is 9.47 Å². The van der Waals surface area contributed by atoms with Crippen LogP contribution in [0.3, 0.4) is 0 Å². The molecule has 2 aromatic rings. The zero-order valence-corrected chi connectivity index (χ0v) is 19.3. The molecule has 0 aliphatic heterocycles. The Morgan fingerprint density at radius 3 is 2.38 bits per heavy atom. The zero-order valence-electron chi connectivity index (χ0n) is 19.3. The van der Waals surface area contributed by atoms with Gasteiger partial charge < -0.3 is 19.7 Å². The molecule has 6 nitrogen and oxygen atoms in total. The van der Waals surface area contributed by atoms with E-state index in [0.717, 1.165) is 36.8 Å². The van der Waals surface area contributed by atoms with E-state index in [1.807, 2.05) is 43.3 Å². The van der Waals surface area contributed by atoms with Crippen LogP contribution in [0.1, 0.15) is 50.2 Å². The van der Waals surface area contributed by atoms with Crippen molar-refractivity contribution < 1.29 is 19.1 Å². The number of benzene rings is 2. The molecule has 1 saturated carbocycles. The quantitative estimate of drug-likeness (QED) is 0.636. The highest BCUT2D eigenvalue weighted by Crippen LogP contribution is 2.26. The number of amides is 2. The predicted octanol–water partition coefficient (Wildman–Crippen LogP) is 4.25. The summed E-state index contributed by atoms with van der Waals surface area (Å²) >= 11 is 0. The molecule has 0 aromatic heterocycles. The van der Waals surface area contributed by atoms with Crippen molar-refractivity contribution in [2.45, 2.75) is 64.6 Å². The molecule has 1 N–H and O–H groups in total. The van der Waals surface area contributed by atoms with Crippen LogP contribution in [-0.2, 0) is 16.1 Å². The molecule has 1 atom stereocenters. The number of ether oxygens (including phenoxy) is 2. The first-order valence-electron chi connectivity index (χ1n) is 11.4. The van der Waals surface area contributed by atoms with Gasteiger partial charge in [-0.05, 0) is 49.9 Å². The van der Waals surface area contributed by atoms with Crippen LogP contribution in [0, 0.1) is 6.92 Å². The van der Waals surface area contributed by atoms with Crippen molar-refractivity contribution in [3.05, 3.63) is 59.7 Å². The number of carbonyl (C=O) groups excluding carboxylic acids is 2. The Bertz CT molecular complexity index is 908. The minimum atomic E-state index is -0.606. The summed E-state index contributed by atoms with van der Waals surface area (Å²) in [5.41, 5.74) is 2.09. The average Bonchev–Trinajstić information content (AvgIpc) is 2.82. The fourth-order valence-electron chi connectivity index (χ4n) is 4.08. The van der Waals surface area contributed by atoms with Gasteiger partial charge in [-0.1, -0.05) is 55.7 Å². The Morgan fingerprint density at radius 1 is 1.03 bits per heavy atom. The monoisotopic (exact) mass is 438 g/mol. The van der Waals surface area contributed by atoms with Crippen LogP contribution < -0.4 is 14.8 Å². The smallest absolute Gasteiger partial charge is 0.261 e. The SMILES string of the molecule is COc1ccccc1OCC(=O)N(Cc1ccccc1C)[C@@H](C)C(=O)NC1CCCCC1. The Kier molecular flexibility index (Phi) is 8.54. The Hall–Kier alpha value is -3.02. The number of aryl methyl sites for hydroxylation is 1. The van der Waals surface area contributed by atoms with E-state index in [-0.39, 0.29) is 24.5 Å². The van der Waals surface area contributed by atoms with Gasteiger partial charge in [0.25, 0.3) is 5.91 Å². The minimum absolute atomic E-state index is 0.115. The summed E-state index contributed by atoms with van der Waals surface area (Å²) in [4.78, 5) is 27.9. The predicted molar refractivity (Wildman–Crippen MR) is 125 cm³/mol. The summed E-state index contributed by atoms with van der Waals surface area (Å²) in [5.74, 6) is 0.703. The highest BCUT2D eigenvalue weighted by molar-refractivity contribution is 5.88. The summed E-state index contributed by atoms with van der Waals surface area (Å²) in [6.07, 6.45) is 5.50. The van der Waals surface area contributed by atoms with Crippen molar-refractivity contribution >= 4 is 11.8 Å². The highest BCUT2D eigenvalue weighted by atomic mass is 16.5. The molecule has 0 saturated heterocycles. The van der Waals surface area contributed by atoms with Gasteiger partial charge in [0.1, 0.15) is 6.04 Å². The molecule has 3 rings (SSSR count). The normalized spacial score (nSPS) is 15.0. The van der Waals surface area contributed by atoms with E-state index in [9.17, 15) is 9.59 Å². The maximum absolute atomic E-state index is 13.3. The highest BCUT2D eigenvalue weighted by Gasteiger charge is 2.28. The lowest BCUT2D eigenvalue weighted by Gasteiger charge is -2.31. The lowest BCUT2D eigenvalue weighted by atomic mass is 9.95. The zero-order chi connectivity index (χ0) is 22.9.